The summed E-state index contributed by atoms with van der Waals surface area (Å²) in [4.78, 5) is 33.0. The van der Waals surface area contributed by atoms with E-state index in [0.29, 0.717) is 17.7 Å². The van der Waals surface area contributed by atoms with Crippen LogP contribution in [0.5, 0.6) is 0 Å². The normalized spacial score (nSPS) is 11.0. The Kier molecular flexibility index (Phi) is 3.72. The van der Waals surface area contributed by atoms with E-state index < -0.39 is 5.69 Å². The molecule has 0 spiro atoms. The first-order valence-electron chi connectivity index (χ1n) is 6.61. The Labute approximate surface area is 129 Å². The van der Waals surface area contributed by atoms with Gasteiger partial charge in [-0.15, -0.1) is 11.8 Å². The molecule has 0 aliphatic heterocycles. The molecule has 0 fully saturated rings. The number of anilines is 1. The van der Waals surface area contributed by atoms with Crippen molar-refractivity contribution in [3.05, 3.63) is 62.6 Å². The second-order valence-corrected chi connectivity index (χ2v) is 5.67. The van der Waals surface area contributed by atoms with Gasteiger partial charge in [-0.05, 0) is 24.0 Å². The Hall–Kier alpha value is -2.54. The molecule has 0 bridgehead atoms. The van der Waals surface area contributed by atoms with E-state index in [4.69, 9.17) is 5.73 Å². The highest BCUT2D eigenvalue weighted by molar-refractivity contribution is 7.98. The van der Waals surface area contributed by atoms with Crippen LogP contribution in [0.4, 0.5) is 5.69 Å². The zero-order valence-electron chi connectivity index (χ0n) is 11.8. The van der Waals surface area contributed by atoms with Crippen molar-refractivity contribution in [1.29, 1.82) is 0 Å². The predicted octanol–water partition coefficient (Wildman–Crippen LogP) is 1.51. The predicted molar refractivity (Wildman–Crippen MR) is 88.4 cm³/mol. The lowest BCUT2D eigenvalue weighted by atomic mass is 10.0. The molecule has 2 heterocycles. The number of thioether (sulfide) groups is 1. The van der Waals surface area contributed by atoms with Crippen LogP contribution in [-0.2, 0) is 6.42 Å². The number of H-pyrrole nitrogens is 2. The molecule has 2 aromatic heterocycles. The maximum absolute atomic E-state index is 11.9. The number of nitrogens with zero attached hydrogens (tertiary/aromatic N) is 1. The molecular weight excluding hydrogens is 300 g/mol. The van der Waals surface area contributed by atoms with Crippen molar-refractivity contribution in [1.82, 2.24) is 15.0 Å². The minimum Gasteiger partial charge on any atom is -0.396 e. The topological polar surface area (TPSA) is 105 Å². The van der Waals surface area contributed by atoms with Crippen molar-refractivity contribution < 1.29 is 0 Å². The SMILES string of the molecule is CSc1cc(Cc2c[nH]c(=O)[nH]c2=O)c2cccnc2c1N. The van der Waals surface area contributed by atoms with Crippen LogP contribution in [0.25, 0.3) is 10.9 Å². The van der Waals surface area contributed by atoms with Gasteiger partial charge < -0.3 is 10.7 Å². The molecule has 0 unspecified atom stereocenters. The van der Waals surface area contributed by atoms with Crippen molar-refractivity contribution in [2.45, 2.75) is 11.3 Å². The number of pyridine rings is 1. The fraction of sp³-hybridized carbons (Fsp3) is 0.133. The molecule has 0 saturated heterocycles. The van der Waals surface area contributed by atoms with E-state index in [9.17, 15) is 9.59 Å². The molecule has 22 heavy (non-hydrogen) atoms. The second kappa shape index (κ2) is 5.69. The van der Waals surface area contributed by atoms with Gasteiger partial charge in [-0.2, -0.15) is 0 Å². The number of nitrogens with two attached hydrogens (primary N) is 1. The number of fused-ring (bicyclic) bond motifs is 1. The third-order valence-electron chi connectivity index (χ3n) is 3.48. The summed E-state index contributed by atoms with van der Waals surface area (Å²) in [6.45, 7) is 0. The first-order chi connectivity index (χ1) is 10.6. The number of rotatable bonds is 3. The summed E-state index contributed by atoms with van der Waals surface area (Å²) in [7, 11) is 0. The zero-order chi connectivity index (χ0) is 15.7. The molecular formula is C15H14N4O2S. The van der Waals surface area contributed by atoms with Gasteiger partial charge in [0.1, 0.15) is 0 Å². The fourth-order valence-corrected chi connectivity index (χ4v) is 2.98. The van der Waals surface area contributed by atoms with Crippen molar-refractivity contribution in [2.24, 2.45) is 0 Å². The van der Waals surface area contributed by atoms with Gasteiger partial charge in [-0.3, -0.25) is 14.8 Å². The highest BCUT2D eigenvalue weighted by atomic mass is 32.2. The standard InChI is InChI=1S/C15H14N4O2S/c1-22-11-6-8(5-9-7-18-15(21)19-14(9)20)10-3-2-4-17-13(10)12(11)16/h2-4,6-7H,5,16H2,1H3,(H2,18,19,20,21). The lowest BCUT2D eigenvalue weighted by molar-refractivity contribution is 0.976. The highest BCUT2D eigenvalue weighted by Crippen LogP contribution is 2.32. The molecule has 3 aromatic rings. The van der Waals surface area contributed by atoms with Gasteiger partial charge in [0.15, 0.2) is 0 Å². The number of hydrogen-bond donors (Lipinski definition) is 3. The average molecular weight is 314 g/mol. The Morgan fingerprint density at radius 1 is 1.32 bits per heavy atom. The molecule has 4 N–H and O–H groups in total. The van der Waals surface area contributed by atoms with Crippen LogP contribution in [0.2, 0.25) is 0 Å². The smallest absolute Gasteiger partial charge is 0.325 e. The number of aromatic nitrogens is 3. The molecule has 7 heteroatoms. The van der Waals surface area contributed by atoms with Crippen LogP contribution in [0.3, 0.4) is 0 Å². The molecule has 0 amide bonds. The molecule has 1 aromatic carbocycles. The van der Waals surface area contributed by atoms with Crippen LogP contribution in [0, 0.1) is 0 Å². The van der Waals surface area contributed by atoms with Gasteiger partial charge in [0.2, 0.25) is 0 Å². The van der Waals surface area contributed by atoms with Crippen molar-refractivity contribution >= 4 is 28.4 Å². The molecule has 0 atom stereocenters. The van der Waals surface area contributed by atoms with Gasteiger partial charge in [0.25, 0.3) is 5.56 Å². The van der Waals surface area contributed by atoms with E-state index in [2.05, 4.69) is 15.0 Å². The van der Waals surface area contributed by atoms with Crippen molar-refractivity contribution in [3.8, 4) is 0 Å². The van der Waals surface area contributed by atoms with Gasteiger partial charge in [-0.25, -0.2) is 4.79 Å². The van der Waals surface area contributed by atoms with E-state index in [0.717, 1.165) is 21.4 Å². The largest absolute Gasteiger partial charge is 0.396 e. The summed E-state index contributed by atoms with van der Waals surface area (Å²) in [6, 6.07) is 5.73. The monoisotopic (exact) mass is 314 g/mol. The van der Waals surface area contributed by atoms with E-state index in [1.807, 2.05) is 24.5 Å². The molecule has 0 radical (unpaired) electrons. The van der Waals surface area contributed by atoms with Crippen LogP contribution >= 0.6 is 11.8 Å². The fourth-order valence-electron chi connectivity index (χ4n) is 2.40. The van der Waals surface area contributed by atoms with E-state index in [-0.39, 0.29) is 5.56 Å². The molecule has 112 valence electrons. The van der Waals surface area contributed by atoms with Crippen LogP contribution in [-0.4, -0.2) is 21.2 Å². The molecule has 3 rings (SSSR count). The molecule has 0 aliphatic carbocycles. The van der Waals surface area contributed by atoms with Crippen LogP contribution < -0.4 is 17.0 Å². The lowest BCUT2D eigenvalue weighted by Gasteiger charge is -2.11. The number of hydrogen-bond acceptors (Lipinski definition) is 5. The first-order valence-corrected chi connectivity index (χ1v) is 7.83. The van der Waals surface area contributed by atoms with E-state index in [1.165, 1.54) is 18.0 Å². The van der Waals surface area contributed by atoms with Crippen LogP contribution in [0.15, 0.2) is 45.1 Å². The van der Waals surface area contributed by atoms with Gasteiger partial charge in [0.05, 0.1) is 11.2 Å². The van der Waals surface area contributed by atoms with Gasteiger partial charge in [-0.1, -0.05) is 6.07 Å². The quantitative estimate of drug-likeness (QED) is 0.502. The number of benzene rings is 1. The van der Waals surface area contributed by atoms with Crippen molar-refractivity contribution in [3.63, 3.8) is 0 Å². The molecule has 0 aliphatic rings. The second-order valence-electron chi connectivity index (χ2n) is 4.83. The molecule has 0 saturated carbocycles. The maximum Gasteiger partial charge on any atom is 0.325 e. The Morgan fingerprint density at radius 2 is 2.14 bits per heavy atom. The maximum atomic E-state index is 11.9. The van der Waals surface area contributed by atoms with Crippen molar-refractivity contribution in [2.75, 3.05) is 12.0 Å². The Balaban J connectivity index is 2.20. The van der Waals surface area contributed by atoms with Gasteiger partial charge in [0, 0.05) is 34.7 Å². The van der Waals surface area contributed by atoms with Crippen LogP contribution in [0.1, 0.15) is 11.1 Å². The summed E-state index contributed by atoms with van der Waals surface area (Å²) in [5, 5.41) is 0.906. The first kappa shape index (κ1) is 14.4. The Morgan fingerprint density at radius 3 is 2.86 bits per heavy atom. The molecule has 6 nitrogen and oxygen atoms in total. The van der Waals surface area contributed by atoms with Gasteiger partial charge >= 0.3 is 5.69 Å². The summed E-state index contributed by atoms with van der Waals surface area (Å²) in [5.41, 5.74) is 8.04. The lowest BCUT2D eigenvalue weighted by Crippen LogP contribution is -2.24. The zero-order valence-corrected chi connectivity index (χ0v) is 12.7. The minimum absolute atomic E-state index is 0.386. The summed E-state index contributed by atoms with van der Waals surface area (Å²) >= 11 is 1.53. The van der Waals surface area contributed by atoms with E-state index in [1.54, 1.807) is 6.20 Å². The minimum atomic E-state index is -0.512. The summed E-state index contributed by atoms with van der Waals surface area (Å²) in [5.74, 6) is 0. The summed E-state index contributed by atoms with van der Waals surface area (Å²) < 4.78 is 0. The summed E-state index contributed by atoms with van der Waals surface area (Å²) in [6.07, 6.45) is 5.47. The number of nitrogen functional groups attached to an aromatic ring is 1. The number of aromatic amines is 2. The number of nitrogens with one attached hydrogen (secondary N) is 2. The Bertz CT molecular complexity index is 962. The van der Waals surface area contributed by atoms with E-state index >= 15 is 0 Å². The average Bonchev–Trinajstić information content (AvgIpc) is 2.52. The third-order valence-corrected chi connectivity index (χ3v) is 4.25. The highest BCUT2D eigenvalue weighted by Gasteiger charge is 2.12. The third kappa shape index (κ3) is 2.50.